The second-order valence-corrected chi connectivity index (χ2v) is 14.2. The lowest BCUT2D eigenvalue weighted by molar-refractivity contribution is -0.187. The molecule has 4 aromatic rings. The van der Waals surface area contributed by atoms with Crippen molar-refractivity contribution in [2.24, 2.45) is 35.5 Å². The molecule has 268 valence electrons. The largest absolute Gasteiger partial charge is 0.481 e. The zero-order valence-electron chi connectivity index (χ0n) is 28.8. The van der Waals surface area contributed by atoms with Crippen LogP contribution in [0.1, 0.15) is 36.8 Å². The Morgan fingerprint density at radius 3 is 1.12 bits per heavy atom. The Hall–Kier alpha value is -5.64. The molecule has 0 heterocycles. The molecule has 0 aromatic heterocycles. The predicted octanol–water partition coefficient (Wildman–Crippen LogP) is 7.10. The summed E-state index contributed by atoms with van der Waals surface area (Å²) in [7, 11) is 0. The number of amides is 2. The summed E-state index contributed by atoms with van der Waals surface area (Å²) in [4.78, 5) is 57.3. The van der Waals surface area contributed by atoms with E-state index in [1.165, 1.54) is 0 Å². The molecule has 10 heteroatoms. The maximum atomic E-state index is 14.2. The van der Waals surface area contributed by atoms with E-state index < -0.39 is 47.4 Å². The van der Waals surface area contributed by atoms with Crippen LogP contribution in [-0.2, 0) is 32.3 Å². The monoisotopic (exact) mass is 702 g/mol. The van der Waals surface area contributed by atoms with Crippen molar-refractivity contribution >= 4 is 23.8 Å². The van der Waals surface area contributed by atoms with E-state index in [9.17, 15) is 29.4 Å². The molecule has 0 spiro atoms. The SMILES string of the molecule is O=C(O)C1C(C(=O)N(Cc2ccc(Oc3ccccc3)cc2)CC2CC2)C(C(=O)O)C1C(=O)N(Cc1ccc(Oc2ccccc2)cc1)CC1CC1. The van der Waals surface area contributed by atoms with Crippen molar-refractivity contribution in [1.82, 2.24) is 9.80 Å². The van der Waals surface area contributed by atoms with Crippen LogP contribution >= 0.6 is 0 Å². The molecule has 0 radical (unpaired) electrons. The van der Waals surface area contributed by atoms with Crippen molar-refractivity contribution in [3.63, 3.8) is 0 Å². The van der Waals surface area contributed by atoms with E-state index in [2.05, 4.69) is 0 Å². The van der Waals surface area contributed by atoms with Crippen molar-refractivity contribution in [2.45, 2.75) is 38.8 Å². The maximum Gasteiger partial charge on any atom is 0.308 e. The highest BCUT2D eigenvalue weighted by Gasteiger charge is 2.65. The summed E-state index contributed by atoms with van der Waals surface area (Å²) in [5.74, 6) is -6.20. The first kappa shape index (κ1) is 34.8. The number of para-hydroxylation sites is 2. The number of hydrogen-bond donors (Lipinski definition) is 2. The highest BCUT2D eigenvalue weighted by Crippen LogP contribution is 2.50. The van der Waals surface area contributed by atoms with Gasteiger partial charge in [-0.25, -0.2) is 0 Å². The third-order valence-electron chi connectivity index (χ3n) is 10.2. The summed E-state index contributed by atoms with van der Waals surface area (Å²) in [5, 5.41) is 20.9. The van der Waals surface area contributed by atoms with Crippen molar-refractivity contribution in [3.8, 4) is 23.0 Å². The zero-order valence-corrected chi connectivity index (χ0v) is 28.8. The number of carboxylic acids is 2. The van der Waals surface area contributed by atoms with Gasteiger partial charge in [0.05, 0.1) is 23.7 Å². The molecule has 3 saturated carbocycles. The van der Waals surface area contributed by atoms with Crippen LogP contribution in [0, 0.1) is 35.5 Å². The van der Waals surface area contributed by atoms with Crippen LogP contribution < -0.4 is 9.47 Å². The van der Waals surface area contributed by atoms with E-state index in [1.54, 1.807) is 34.1 Å². The van der Waals surface area contributed by atoms with Gasteiger partial charge in [0, 0.05) is 26.2 Å². The van der Waals surface area contributed by atoms with Gasteiger partial charge in [0.25, 0.3) is 0 Å². The Bertz CT molecular complexity index is 1730. The Labute approximate surface area is 302 Å². The van der Waals surface area contributed by atoms with Crippen LogP contribution in [0.2, 0.25) is 0 Å². The van der Waals surface area contributed by atoms with E-state index in [4.69, 9.17) is 9.47 Å². The summed E-state index contributed by atoms with van der Waals surface area (Å²) in [6.45, 7) is 1.17. The van der Waals surface area contributed by atoms with Crippen molar-refractivity contribution < 1.29 is 38.9 Å². The first-order valence-corrected chi connectivity index (χ1v) is 17.9. The first-order chi connectivity index (χ1) is 25.2. The molecule has 2 N–H and O–H groups in total. The van der Waals surface area contributed by atoms with Gasteiger partial charge in [-0.1, -0.05) is 60.7 Å². The molecule has 7 rings (SSSR count). The van der Waals surface area contributed by atoms with E-state index in [0.717, 1.165) is 36.8 Å². The molecule has 2 amide bonds. The molecular formula is C42H42N2O8. The Kier molecular flexibility index (Phi) is 10.2. The molecule has 4 aromatic carbocycles. The number of rotatable bonds is 16. The summed E-state index contributed by atoms with van der Waals surface area (Å²) in [6.07, 6.45) is 3.78. The lowest BCUT2D eigenvalue weighted by Gasteiger charge is -2.48. The predicted molar refractivity (Wildman–Crippen MR) is 191 cm³/mol. The highest BCUT2D eigenvalue weighted by atomic mass is 16.5. The lowest BCUT2D eigenvalue weighted by Crippen LogP contribution is -2.64. The minimum absolute atomic E-state index is 0.187. The molecular weight excluding hydrogens is 660 g/mol. The lowest BCUT2D eigenvalue weighted by atomic mass is 9.55. The summed E-state index contributed by atoms with van der Waals surface area (Å²) < 4.78 is 11.8. The van der Waals surface area contributed by atoms with Crippen LogP contribution in [0.4, 0.5) is 0 Å². The number of ether oxygens (including phenoxy) is 2. The Balaban J connectivity index is 1.07. The fourth-order valence-electron chi connectivity index (χ4n) is 7.10. The van der Waals surface area contributed by atoms with Crippen molar-refractivity contribution in [2.75, 3.05) is 13.1 Å². The van der Waals surface area contributed by atoms with Crippen LogP contribution in [0.25, 0.3) is 0 Å². The summed E-state index contributed by atoms with van der Waals surface area (Å²) >= 11 is 0. The van der Waals surface area contributed by atoms with Crippen molar-refractivity contribution in [3.05, 3.63) is 120 Å². The topological polar surface area (TPSA) is 134 Å². The van der Waals surface area contributed by atoms with E-state index in [0.29, 0.717) is 36.1 Å². The number of carbonyl (C=O) groups excluding carboxylic acids is 2. The molecule has 0 atom stereocenters. The van der Waals surface area contributed by atoms with Crippen LogP contribution in [-0.4, -0.2) is 56.9 Å². The molecule has 3 aliphatic rings. The van der Waals surface area contributed by atoms with Gasteiger partial charge in [-0.3, -0.25) is 19.2 Å². The fourth-order valence-corrected chi connectivity index (χ4v) is 7.10. The van der Waals surface area contributed by atoms with E-state index >= 15 is 0 Å². The minimum Gasteiger partial charge on any atom is -0.481 e. The number of hydrogen-bond acceptors (Lipinski definition) is 6. The molecule has 52 heavy (non-hydrogen) atoms. The molecule has 0 unspecified atom stereocenters. The fraction of sp³-hybridized carbons (Fsp3) is 0.333. The van der Waals surface area contributed by atoms with Gasteiger partial charge >= 0.3 is 11.9 Å². The third-order valence-corrected chi connectivity index (χ3v) is 10.2. The Morgan fingerprint density at radius 1 is 0.481 bits per heavy atom. The molecule has 0 saturated heterocycles. The smallest absolute Gasteiger partial charge is 0.308 e. The second kappa shape index (κ2) is 15.3. The molecule has 3 aliphatic carbocycles. The molecule has 3 fully saturated rings. The van der Waals surface area contributed by atoms with E-state index in [1.807, 2.05) is 84.9 Å². The molecule has 10 nitrogen and oxygen atoms in total. The van der Waals surface area contributed by atoms with E-state index in [-0.39, 0.29) is 24.9 Å². The first-order valence-electron chi connectivity index (χ1n) is 17.9. The third kappa shape index (κ3) is 8.28. The number of carbonyl (C=O) groups is 4. The number of nitrogens with zero attached hydrogens (tertiary/aromatic N) is 2. The molecule has 0 bridgehead atoms. The van der Waals surface area contributed by atoms with Gasteiger partial charge in [0.15, 0.2) is 0 Å². The summed E-state index contributed by atoms with van der Waals surface area (Å²) in [6, 6.07) is 33.3. The standard InChI is InChI=1S/C42H42N2O8/c45-39(43(23-27-11-12-27)25-29-15-19-33(20-16-29)51-31-7-3-1-4-8-31)35-37(41(47)48)36(38(35)42(49)50)40(46)44(24-28-13-14-28)26-30-17-21-34(22-18-30)52-32-9-5-2-6-10-32/h1-10,15-22,27-28,35-38H,11-14,23-26H2,(H,47,48)(H,49,50). The van der Waals surface area contributed by atoms with Crippen LogP contribution in [0.3, 0.4) is 0 Å². The number of benzene rings is 4. The quantitative estimate of drug-likeness (QED) is 0.126. The Morgan fingerprint density at radius 2 is 0.808 bits per heavy atom. The highest BCUT2D eigenvalue weighted by molar-refractivity contribution is 5.99. The zero-order chi connectivity index (χ0) is 36.2. The van der Waals surface area contributed by atoms with Gasteiger partial charge in [-0.2, -0.15) is 0 Å². The normalized spacial score (nSPS) is 20.6. The van der Waals surface area contributed by atoms with Crippen molar-refractivity contribution in [1.29, 1.82) is 0 Å². The minimum atomic E-state index is -1.45. The van der Waals surface area contributed by atoms with Crippen LogP contribution in [0.5, 0.6) is 23.0 Å². The maximum absolute atomic E-state index is 14.2. The average Bonchev–Trinajstić information content (AvgIpc) is 4.07. The average molecular weight is 703 g/mol. The van der Waals surface area contributed by atoms with Gasteiger partial charge < -0.3 is 29.5 Å². The second-order valence-electron chi connectivity index (χ2n) is 14.2. The van der Waals surface area contributed by atoms with Gasteiger partial charge in [0.1, 0.15) is 23.0 Å². The number of carboxylic acid groups (broad SMARTS) is 2. The van der Waals surface area contributed by atoms with Gasteiger partial charge in [-0.05, 0) is 97.2 Å². The summed E-state index contributed by atoms with van der Waals surface area (Å²) in [5.41, 5.74) is 1.60. The van der Waals surface area contributed by atoms with Crippen LogP contribution in [0.15, 0.2) is 109 Å². The number of aliphatic carboxylic acids is 2. The molecule has 0 aliphatic heterocycles. The van der Waals surface area contributed by atoms with Gasteiger partial charge in [0.2, 0.25) is 11.8 Å². The van der Waals surface area contributed by atoms with Gasteiger partial charge in [-0.15, -0.1) is 0 Å².